The van der Waals surface area contributed by atoms with Gasteiger partial charge >= 0.3 is 6.03 Å². The molecule has 0 spiro atoms. The molecule has 4 N–H and O–H groups in total. The topological polar surface area (TPSA) is 176 Å². The van der Waals surface area contributed by atoms with Crippen molar-refractivity contribution >= 4 is 39.2 Å². The van der Waals surface area contributed by atoms with Crippen LogP contribution in [-0.4, -0.2) is 70.4 Å². The number of piperidine rings is 1. The number of likely N-dealkylation sites (tertiary alicyclic amines) is 1. The van der Waals surface area contributed by atoms with Gasteiger partial charge in [-0.2, -0.15) is 8.42 Å². The molecule has 1 saturated heterocycles. The number of benzene rings is 1. The lowest BCUT2D eigenvalue weighted by Crippen LogP contribution is -2.60. The third kappa shape index (κ3) is 10.5. The van der Waals surface area contributed by atoms with Gasteiger partial charge in [-0.3, -0.25) is 19.6 Å². The van der Waals surface area contributed by atoms with E-state index in [1.165, 1.54) is 0 Å². The van der Waals surface area contributed by atoms with Crippen LogP contribution in [-0.2, 0) is 15.5 Å². The number of hydrogen-bond acceptors (Lipinski definition) is 9. The van der Waals surface area contributed by atoms with Gasteiger partial charge in [-0.25, -0.2) is 9.78 Å². The maximum Gasteiger partial charge on any atom is 0.324 e. The molecule has 3 amide bonds. The Morgan fingerprint density at radius 1 is 1.02 bits per heavy atom. The van der Waals surface area contributed by atoms with E-state index in [0.29, 0.717) is 35.0 Å². The van der Waals surface area contributed by atoms with Gasteiger partial charge in [0.25, 0.3) is 16.0 Å². The summed E-state index contributed by atoms with van der Waals surface area (Å²) in [4.78, 5) is 32.1. The summed E-state index contributed by atoms with van der Waals surface area (Å²) in [5, 5.41) is 12.2. The van der Waals surface area contributed by atoms with E-state index in [-0.39, 0.29) is 34.2 Å². The van der Waals surface area contributed by atoms with Crippen LogP contribution >= 0.6 is 0 Å². The summed E-state index contributed by atoms with van der Waals surface area (Å²) in [6, 6.07) is 9.93. The predicted octanol–water partition coefficient (Wildman–Crippen LogP) is 6.11. The molecule has 1 fully saturated rings. The molecule has 0 radical (unpaired) electrons. The molecule has 0 aliphatic carbocycles. The first-order chi connectivity index (χ1) is 21.0. The van der Waals surface area contributed by atoms with Crippen molar-refractivity contribution in [3.05, 3.63) is 59.6 Å². The van der Waals surface area contributed by atoms with Gasteiger partial charge in [0.05, 0.1) is 12.5 Å². The molecule has 46 heavy (non-hydrogen) atoms. The van der Waals surface area contributed by atoms with Crippen LogP contribution < -0.4 is 20.7 Å². The number of nitrogens with zero attached hydrogens (tertiary/aromatic N) is 3. The second-order valence-electron chi connectivity index (χ2n) is 13.8. The molecule has 1 aliphatic rings. The van der Waals surface area contributed by atoms with Crippen molar-refractivity contribution in [3.8, 4) is 5.75 Å². The second kappa shape index (κ2) is 13.8. The van der Waals surface area contributed by atoms with E-state index in [4.69, 9.17) is 13.8 Å². The standard InChI is InChI=1S/C31H42N6O4.CH4O3S/c1-19-14-20(10-12-23(19)34-28(39)35-26-15-25(41-36-26)29(2,3)4)33-27(38)24-13-11-21(18-32-24)40-22-16-30(5,6)37(9)31(7,8)17-22;1-5(2,3)4/h10-15,18,22H,16-17H2,1-9H3,(H,33,38)(H2,34,35,36,39);1H3,(H,2,3,4). The number of nitrogens with one attached hydrogen (secondary N) is 3. The van der Waals surface area contributed by atoms with E-state index >= 15 is 0 Å². The Hall–Kier alpha value is -4.01. The Morgan fingerprint density at radius 2 is 1.63 bits per heavy atom. The van der Waals surface area contributed by atoms with E-state index in [1.807, 2.05) is 27.7 Å². The summed E-state index contributed by atoms with van der Waals surface area (Å²) in [6.45, 7) is 16.8. The van der Waals surface area contributed by atoms with E-state index in [2.05, 4.69) is 65.7 Å². The fourth-order valence-electron chi connectivity index (χ4n) is 5.17. The molecule has 2 aromatic heterocycles. The van der Waals surface area contributed by atoms with Gasteiger partial charge in [0.1, 0.15) is 23.3 Å². The van der Waals surface area contributed by atoms with Crippen LogP contribution in [0.25, 0.3) is 0 Å². The SMILES string of the molecule is CS(=O)(=O)O.Cc1cc(NC(=O)c2ccc(OC3CC(C)(C)N(C)C(C)(C)C3)cn2)ccc1NC(=O)Nc1cc(C(C)(C)C)on1. The highest BCUT2D eigenvalue weighted by molar-refractivity contribution is 7.85. The smallest absolute Gasteiger partial charge is 0.324 e. The monoisotopic (exact) mass is 658 g/mol. The van der Waals surface area contributed by atoms with Crippen LogP contribution in [0, 0.1) is 6.92 Å². The summed E-state index contributed by atoms with van der Waals surface area (Å²) in [5.41, 5.74) is 2.05. The van der Waals surface area contributed by atoms with E-state index in [0.717, 1.165) is 18.4 Å². The lowest BCUT2D eigenvalue weighted by atomic mass is 9.79. The van der Waals surface area contributed by atoms with Crippen molar-refractivity contribution in [1.82, 2.24) is 15.0 Å². The second-order valence-corrected chi connectivity index (χ2v) is 15.3. The third-order valence-corrected chi connectivity index (χ3v) is 7.77. The van der Waals surface area contributed by atoms with Gasteiger partial charge in [-0.1, -0.05) is 25.9 Å². The Kier molecular flexibility index (Phi) is 10.9. The molecular formula is C32H46N6O7S. The molecule has 0 saturated carbocycles. The fraction of sp³-hybridized carbons (Fsp3) is 0.500. The van der Waals surface area contributed by atoms with Crippen LogP contribution in [0.3, 0.4) is 0 Å². The first-order valence-corrected chi connectivity index (χ1v) is 16.6. The van der Waals surface area contributed by atoms with Gasteiger partial charge in [-0.15, -0.1) is 0 Å². The summed E-state index contributed by atoms with van der Waals surface area (Å²) in [7, 11) is -1.50. The number of amides is 3. The van der Waals surface area contributed by atoms with E-state index in [1.54, 1.807) is 42.6 Å². The van der Waals surface area contributed by atoms with Gasteiger partial charge in [0, 0.05) is 46.8 Å². The number of anilines is 3. The molecule has 3 heterocycles. The number of aromatic nitrogens is 2. The highest BCUT2D eigenvalue weighted by Crippen LogP contribution is 2.38. The molecule has 0 bridgehead atoms. The number of carbonyl (C=O) groups excluding carboxylic acids is 2. The molecular weight excluding hydrogens is 612 g/mol. The minimum Gasteiger partial charge on any atom is -0.489 e. The lowest BCUT2D eigenvalue weighted by molar-refractivity contribution is -0.0557. The third-order valence-electron chi connectivity index (χ3n) is 7.77. The minimum absolute atomic E-state index is 0.0138. The molecule has 14 heteroatoms. The van der Waals surface area contributed by atoms with Crippen LogP contribution in [0.15, 0.2) is 47.1 Å². The molecule has 1 aliphatic heterocycles. The Morgan fingerprint density at radius 3 is 2.13 bits per heavy atom. The number of rotatable bonds is 6. The molecule has 0 unspecified atom stereocenters. The normalized spacial score (nSPS) is 16.5. The number of hydrogen-bond donors (Lipinski definition) is 4. The number of urea groups is 1. The number of carbonyl (C=O) groups is 2. The number of pyridine rings is 1. The predicted molar refractivity (Wildman–Crippen MR) is 178 cm³/mol. The Bertz CT molecular complexity index is 1620. The lowest BCUT2D eigenvalue weighted by Gasteiger charge is -2.53. The van der Waals surface area contributed by atoms with Crippen molar-refractivity contribution in [2.75, 3.05) is 29.3 Å². The Balaban J connectivity index is 0.00000107. The van der Waals surface area contributed by atoms with Crippen LogP contribution in [0.4, 0.5) is 22.0 Å². The summed E-state index contributed by atoms with van der Waals surface area (Å²) in [6.07, 6.45) is 4.18. The largest absolute Gasteiger partial charge is 0.489 e. The maximum absolute atomic E-state index is 12.9. The average molecular weight is 659 g/mol. The highest BCUT2D eigenvalue weighted by atomic mass is 32.2. The van der Waals surface area contributed by atoms with Gasteiger partial charge < -0.3 is 19.9 Å². The van der Waals surface area contributed by atoms with E-state index < -0.39 is 16.1 Å². The van der Waals surface area contributed by atoms with Gasteiger partial charge in [-0.05, 0) is 77.6 Å². The number of ether oxygens (including phenoxy) is 1. The van der Waals surface area contributed by atoms with Crippen molar-refractivity contribution < 1.29 is 31.8 Å². The van der Waals surface area contributed by atoms with Crippen LogP contribution in [0.5, 0.6) is 5.75 Å². The number of aryl methyl sites for hydroxylation is 1. The van der Waals surface area contributed by atoms with Crippen LogP contribution in [0.1, 0.15) is 83.1 Å². The first kappa shape index (κ1) is 36.5. The maximum atomic E-state index is 12.9. The highest BCUT2D eigenvalue weighted by Gasteiger charge is 2.44. The zero-order valence-corrected chi connectivity index (χ0v) is 29.0. The molecule has 13 nitrogen and oxygen atoms in total. The van der Waals surface area contributed by atoms with Crippen LogP contribution in [0.2, 0.25) is 0 Å². The molecule has 4 rings (SSSR count). The average Bonchev–Trinajstić information content (AvgIpc) is 3.37. The Labute approximate surface area is 271 Å². The summed E-state index contributed by atoms with van der Waals surface area (Å²) >= 11 is 0. The molecule has 252 valence electrons. The minimum atomic E-state index is -3.67. The van der Waals surface area contributed by atoms with Crippen molar-refractivity contribution in [2.45, 2.75) is 90.8 Å². The molecule has 3 aromatic rings. The summed E-state index contributed by atoms with van der Waals surface area (Å²) in [5.74, 6) is 1.31. The molecule has 1 aromatic carbocycles. The zero-order chi connectivity index (χ0) is 34.7. The quantitative estimate of drug-likeness (QED) is 0.226. The zero-order valence-electron chi connectivity index (χ0n) is 28.2. The van der Waals surface area contributed by atoms with Gasteiger partial charge in [0.2, 0.25) is 0 Å². The van der Waals surface area contributed by atoms with Crippen molar-refractivity contribution in [3.63, 3.8) is 0 Å². The van der Waals surface area contributed by atoms with Crippen molar-refractivity contribution in [1.29, 1.82) is 0 Å². The summed E-state index contributed by atoms with van der Waals surface area (Å²) < 4.78 is 37.4. The van der Waals surface area contributed by atoms with E-state index in [9.17, 15) is 18.0 Å². The van der Waals surface area contributed by atoms with Crippen molar-refractivity contribution in [2.24, 2.45) is 0 Å². The fourth-order valence-corrected chi connectivity index (χ4v) is 5.17. The first-order valence-electron chi connectivity index (χ1n) is 14.8. The van der Waals surface area contributed by atoms with Gasteiger partial charge in [0.15, 0.2) is 5.82 Å². The molecule has 0 atom stereocenters.